The van der Waals surface area contributed by atoms with E-state index >= 15 is 0 Å². The second-order valence-electron chi connectivity index (χ2n) is 6.67. The number of aryl methyl sites for hydroxylation is 1. The third kappa shape index (κ3) is 6.83. The van der Waals surface area contributed by atoms with Crippen molar-refractivity contribution in [3.05, 3.63) is 65.5 Å². The van der Waals surface area contributed by atoms with Gasteiger partial charge >= 0.3 is 0 Å². The first kappa shape index (κ1) is 20.6. The predicted molar refractivity (Wildman–Crippen MR) is 105 cm³/mol. The Morgan fingerprint density at radius 3 is 2.33 bits per heavy atom. The number of carbonyl (C=O) groups excluding carboxylic acids is 2. The highest BCUT2D eigenvalue weighted by Gasteiger charge is 2.19. The van der Waals surface area contributed by atoms with Gasteiger partial charge in [0.25, 0.3) is 0 Å². The van der Waals surface area contributed by atoms with Crippen LogP contribution in [0.2, 0.25) is 0 Å². The van der Waals surface area contributed by atoms with Gasteiger partial charge in [-0.2, -0.15) is 0 Å². The number of likely N-dealkylation sites (N-methyl/N-ethyl adjacent to an activating group) is 1. The Labute approximate surface area is 159 Å². The Balaban J connectivity index is 1.74. The van der Waals surface area contributed by atoms with Gasteiger partial charge in [0.1, 0.15) is 5.82 Å². The fourth-order valence-electron chi connectivity index (χ4n) is 2.53. The summed E-state index contributed by atoms with van der Waals surface area (Å²) in [7, 11) is 1.74. The van der Waals surface area contributed by atoms with E-state index in [9.17, 15) is 14.0 Å². The van der Waals surface area contributed by atoms with Crippen LogP contribution in [0.15, 0.2) is 48.5 Å². The van der Waals surface area contributed by atoms with E-state index in [0.29, 0.717) is 13.0 Å². The molecule has 0 spiro atoms. The second-order valence-corrected chi connectivity index (χ2v) is 6.67. The van der Waals surface area contributed by atoms with E-state index in [0.717, 1.165) is 16.8 Å². The molecular weight excluding hydrogens is 345 g/mol. The minimum Gasteiger partial charge on any atom is -0.354 e. The Bertz CT molecular complexity index is 760. The van der Waals surface area contributed by atoms with Gasteiger partial charge < -0.3 is 10.6 Å². The highest BCUT2D eigenvalue weighted by molar-refractivity contribution is 5.92. The van der Waals surface area contributed by atoms with E-state index in [4.69, 9.17) is 0 Å². The molecule has 0 aliphatic heterocycles. The van der Waals surface area contributed by atoms with Gasteiger partial charge in [0.2, 0.25) is 11.8 Å². The van der Waals surface area contributed by atoms with Crippen molar-refractivity contribution in [1.82, 2.24) is 10.2 Å². The molecule has 0 heterocycles. The number of nitrogens with one attached hydrogen (secondary N) is 2. The van der Waals surface area contributed by atoms with Crippen LogP contribution in [-0.4, -0.2) is 42.9 Å². The van der Waals surface area contributed by atoms with Crippen molar-refractivity contribution in [1.29, 1.82) is 0 Å². The third-order valence-electron chi connectivity index (χ3n) is 4.40. The van der Waals surface area contributed by atoms with Crippen molar-refractivity contribution in [2.75, 3.05) is 25.5 Å². The first-order valence-corrected chi connectivity index (χ1v) is 8.94. The smallest absolute Gasteiger partial charge is 0.238 e. The average Bonchev–Trinajstić information content (AvgIpc) is 2.64. The highest BCUT2D eigenvalue weighted by Crippen LogP contribution is 2.09. The van der Waals surface area contributed by atoms with Crippen molar-refractivity contribution >= 4 is 17.5 Å². The molecule has 2 aromatic rings. The molecule has 2 N–H and O–H groups in total. The summed E-state index contributed by atoms with van der Waals surface area (Å²) in [4.78, 5) is 26.1. The summed E-state index contributed by atoms with van der Waals surface area (Å²) in [6, 6.07) is 13.3. The molecule has 2 rings (SSSR count). The molecule has 2 amide bonds. The average molecular weight is 371 g/mol. The summed E-state index contributed by atoms with van der Waals surface area (Å²) in [5, 5.41) is 5.67. The van der Waals surface area contributed by atoms with E-state index in [1.165, 1.54) is 12.1 Å². The van der Waals surface area contributed by atoms with Crippen LogP contribution in [0.4, 0.5) is 10.1 Å². The molecular formula is C21H26FN3O2. The number of halogens is 1. The van der Waals surface area contributed by atoms with Gasteiger partial charge in [-0.1, -0.05) is 29.8 Å². The van der Waals surface area contributed by atoms with Crippen molar-refractivity contribution in [3.8, 4) is 0 Å². The highest BCUT2D eigenvalue weighted by atomic mass is 19.1. The van der Waals surface area contributed by atoms with Crippen molar-refractivity contribution < 1.29 is 14.0 Å². The Morgan fingerprint density at radius 1 is 1.07 bits per heavy atom. The maximum atomic E-state index is 12.9. The molecule has 0 aromatic heterocycles. The van der Waals surface area contributed by atoms with Crippen molar-refractivity contribution in [2.45, 2.75) is 26.3 Å². The van der Waals surface area contributed by atoms with Crippen LogP contribution in [0.5, 0.6) is 0 Å². The maximum absolute atomic E-state index is 12.9. The zero-order valence-electron chi connectivity index (χ0n) is 16.0. The summed E-state index contributed by atoms with van der Waals surface area (Å²) in [5.41, 5.74) is 2.81. The molecule has 0 radical (unpaired) electrons. The number of rotatable bonds is 8. The van der Waals surface area contributed by atoms with E-state index in [1.807, 2.05) is 31.2 Å². The molecule has 0 aliphatic carbocycles. The number of hydrogen-bond donors (Lipinski definition) is 2. The zero-order valence-corrected chi connectivity index (χ0v) is 16.0. The zero-order chi connectivity index (χ0) is 19.8. The van der Waals surface area contributed by atoms with Crippen LogP contribution in [-0.2, 0) is 16.0 Å². The minimum atomic E-state index is -0.443. The van der Waals surface area contributed by atoms with Gasteiger partial charge in [0.15, 0.2) is 0 Å². The van der Waals surface area contributed by atoms with Gasteiger partial charge in [0.05, 0.1) is 12.6 Å². The largest absolute Gasteiger partial charge is 0.354 e. The van der Waals surface area contributed by atoms with Gasteiger partial charge in [-0.15, -0.1) is 0 Å². The first-order valence-electron chi connectivity index (χ1n) is 8.94. The van der Waals surface area contributed by atoms with E-state index in [2.05, 4.69) is 10.6 Å². The fourth-order valence-corrected chi connectivity index (χ4v) is 2.53. The lowest BCUT2D eigenvalue weighted by Crippen LogP contribution is -2.46. The second kappa shape index (κ2) is 9.83. The van der Waals surface area contributed by atoms with Gasteiger partial charge in [-0.25, -0.2) is 4.39 Å². The number of carbonyl (C=O) groups is 2. The summed E-state index contributed by atoms with van der Waals surface area (Å²) >= 11 is 0. The van der Waals surface area contributed by atoms with Crippen molar-refractivity contribution in [3.63, 3.8) is 0 Å². The van der Waals surface area contributed by atoms with Gasteiger partial charge in [-0.3, -0.25) is 14.5 Å². The van der Waals surface area contributed by atoms with Crippen molar-refractivity contribution in [2.24, 2.45) is 0 Å². The lowest BCUT2D eigenvalue weighted by Gasteiger charge is -2.23. The molecule has 0 fully saturated rings. The number of benzene rings is 2. The summed E-state index contributed by atoms with van der Waals surface area (Å²) in [6.07, 6.45) is 0.621. The molecule has 5 nitrogen and oxygen atoms in total. The molecule has 27 heavy (non-hydrogen) atoms. The van der Waals surface area contributed by atoms with Crippen LogP contribution in [0.25, 0.3) is 0 Å². The molecule has 144 valence electrons. The third-order valence-corrected chi connectivity index (χ3v) is 4.40. The molecule has 0 bridgehead atoms. The molecule has 2 aromatic carbocycles. The van der Waals surface area contributed by atoms with Gasteiger partial charge in [0, 0.05) is 12.2 Å². The van der Waals surface area contributed by atoms with Crippen LogP contribution in [0.1, 0.15) is 18.1 Å². The summed E-state index contributed by atoms with van der Waals surface area (Å²) in [5.74, 6) is -0.600. The molecule has 1 atom stereocenters. The summed E-state index contributed by atoms with van der Waals surface area (Å²) in [6.45, 7) is 4.31. The molecule has 0 saturated carbocycles. The Kier molecular flexibility index (Phi) is 7.49. The molecule has 0 aliphatic rings. The first-order chi connectivity index (χ1) is 12.8. The van der Waals surface area contributed by atoms with Crippen LogP contribution < -0.4 is 10.6 Å². The molecule has 0 unspecified atom stereocenters. The SMILES string of the molecule is Cc1ccc(NC(=O)CN(C)[C@H](C)C(=O)NCCc2ccc(F)cc2)cc1. The van der Waals surface area contributed by atoms with Gasteiger partial charge in [-0.05, 0) is 57.1 Å². The quantitative estimate of drug-likeness (QED) is 0.750. The van der Waals surface area contributed by atoms with Crippen LogP contribution in [0, 0.1) is 12.7 Å². The fraction of sp³-hybridized carbons (Fsp3) is 0.333. The number of anilines is 1. The normalized spacial score (nSPS) is 11.9. The Morgan fingerprint density at radius 2 is 1.70 bits per heavy atom. The number of amides is 2. The van der Waals surface area contributed by atoms with Crippen LogP contribution >= 0.6 is 0 Å². The lowest BCUT2D eigenvalue weighted by atomic mass is 10.1. The number of hydrogen-bond acceptors (Lipinski definition) is 3. The standard InChI is InChI=1S/C21H26FN3O2/c1-15-4-10-19(11-5-15)24-20(26)14-25(3)16(2)21(27)23-13-12-17-6-8-18(22)9-7-17/h4-11,16H,12-14H2,1-3H3,(H,23,27)(H,24,26)/t16-/m1/s1. The summed E-state index contributed by atoms with van der Waals surface area (Å²) < 4.78 is 12.9. The van der Waals surface area contributed by atoms with E-state index in [1.54, 1.807) is 31.0 Å². The topological polar surface area (TPSA) is 61.4 Å². The maximum Gasteiger partial charge on any atom is 0.238 e. The minimum absolute atomic E-state index is 0.112. The monoisotopic (exact) mass is 371 g/mol. The van der Waals surface area contributed by atoms with E-state index < -0.39 is 6.04 Å². The Hall–Kier alpha value is -2.73. The lowest BCUT2D eigenvalue weighted by molar-refractivity contribution is -0.126. The number of nitrogens with zero attached hydrogens (tertiary/aromatic N) is 1. The van der Waals surface area contributed by atoms with Crippen LogP contribution in [0.3, 0.4) is 0 Å². The predicted octanol–water partition coefficient (Wildman–Crippen LogP) is 2.75. The molecule has 6 heteroatoms. The van der Waals surface area contributed by atoms with E-state index in [-0.39, 0.29) is 24.2 Å². The molecule has 0 saturated heterocycles.